The second kappa shape index (κ2) is 17.5. The van der Waals surface area contributed by atoms with Gasteiger partial charge in [-0.2, -0.15) is 0 Å². The predicted molar refractivity (Wildman–Crippen MR) is 63.7 cm³/mol. The SMILES string of the molecule is [Br][AlH][Br].[CH2]CCCCCCC. The Morgan fingerprint density at radius 2 is 1.55 bits per heavy atom. The minimum atomic E-state index is 0.0417. The molecule has 0 aliphatic heterocycles. The van der Waals surface area contributed by atoms with E-state index in [0.717, 1.165) is 6.42 Å². The minimum Gasteiger partial charge on any atom is -0.203 e. The second-order valence-corrected chi connectivity index (χ2v) is 10.5. The molecule has 1 radical (unpaired) electrons. The van der Waals surface area contributed by atoms with E-state index in [9.17, 15) is 0 Å². The highest BCUT2D eigenvalue weighted by Crippen LogP contribution is 2.03. The van der Waals surface area contributed by atoms with Crippen LogP contribution >= 0.6 is 28.1 Å². The van der Waals surface area contributed by atoms with Crippen LogP contribution in [0.15, 0.2) is 0 Å². The Morgan fingerprint density at radius 3 is 1.91 bits per heavy atom. The summed E-state index contributed by atoms with van der Waals surface area (Å²) < 4.78 is 0. The Labute approximate surface area is 91.5 Å². The molecule has 67 valence electrons. The van der Waals surface area contributed by atoms with Crippen LogP contribution in [0.25, 0.3) is 0 Å². The molecule has 0 amide bonds. The first-order valence-electron chi connectivity index (χ1n) is 4.24. The van der Waals surface area contributed by atoms with Gasteiger partial charge in [0.25, 0.3) is 0 Å². The molecule has 0 aromatic rings. The maximum Gasteiger partial charge on any atom is 0.435 e. The summed E-state index contributed by atoms with van der Waals surface area (Å²) in [6.07, 6.45) is 7.98. The third-order valence-electron chi connectivity index (χ3n) is 1.35. The third-order valence-corrected chi connectivity index (χ3v) is 1.35. The fourth-order valence-corrected chi connectivity index (χ4v) is 0.780. The highest BCUT2D eigenvalue weighted by molar-refractivity contribution is 9.47. The third kappa shape index (κ3) is 24.6. The molecule has 3 heteroatoms. The molecule has 0 N–H and O–H groups in total. The van der Waals surface area contributed by atoms with Crippen LogP contribution in [-0.4, -0.2) is 11.6 Å². The van der Waals surface area contributed by atoms with Crippen LogP contribution in [-0.2, 0) is 0 Å². The van der Waals surface area contributed by atoms with Gasteiger partial charge in [0.05, 0.1) is 0 Å². The van der Waals surface area contributed by atoms with Crippen LogP contribution in [0.1, 0.15) is 45.4 Å². The summed E-state index contributed by atoms with van der Waals surface area (Å²) in [6.45, 7) is 6.02. The van der Waals surface area contributed by atoms with Crippen molar-refractivity contribution in [2.24, 2.45) is 0 Å². The summed E-state index contributed by atoms with van der Waals surface area (Å²) >= 11 is 6.44. The molecule has 11 heavy (non-hydrogen) atoms. The van der Waals surface area contributed by atoms with Gasteiger partial charge in [-0.15, -0.1) is 0 Å². The van der Waals surface area contributed by atoms with E-state index in [1.54, 1.807) is 0 Å². The van der Waals surface area contributed by atoms with E-state index in [2.05, 4.69) is 42.0 Å². The number of hydrogen-bond acceptors (Lipinski definition) is 0. The maximum atomic E-state index is 3.78. The molecule has 0 aromatic heterocycles. The summed E-state index contributed by atoms with van der Waals surface area (Å²) in [6, 6.07) is 0. The molecule has 0 spiro atoms. The van der Waals surface area contributed by atoms with E-state index in [-0.39, 0.29) is 11.6 Å². The highest BCUT2D eigenvalue weighted by Gasteiger charge is 1.83. The summed E-state index contributed by atoms with van der Waals surface area (Å²) in [5.41, 5.74) is 0. The average molecular weight is 301 g/mol. The molecule has 0 unspecified atom stereocenters. The topological polar surface area (TPSA) is 0 Å². The monoisotopic (exact) mass is 299 g/mol. The van der Waals surface area contributed by atoms with Crippen LogP contribution in [0.5, 0.6) is 0 Å². The van der Waals surface area contributed by atoms with Gasteiger partial charge >= 0.3 is 11.6 Å². The summed E-state index contributed by atoms with van der Waals surface area (Å²) in [5.74, 6) is 0. The van der Waals surface area contributed by atoms with Gasteiger partial charge in [0, 0.05) is 0 Å². The molecule has 0 aliphatic carbocycles. The Hall–Kier alpha value is 1.49. The first kappa shape index (κ1) is 15.0. The number of halogens is 2. The van der Waals surface area contributed by atoms with E-state index >= 15 is 0 Å². The molecule has 0 heterocycles. The fourth-order valence-electron chi connectivity index (χ4n) is 0.780. The van der Waals surface area contributed by atoms with E-state index in [1.165, 1.54) is 32.1 Å². The largest absolute Gasteiger partial charge is 0.435 e. The fraction of sp³-hybridized carbons (Fsp3) is 0.875. The predicted octanol–water partition coefficient (Wildman–Crippen LogP) is 4.22. The first-order valence-corrected chi connectivity index (χ1v) is 12.0. The maximum absolute atomic E-state index is 3.78. The van der Waals surface area contributed by atoms with E-state index in [1.807, 2.05) is 0 Å². The lowest BCUT2D eigenvalue weighted by molar-refractivity contribution is 0.637. The lowest BCUT2D eigenvalue weighted by Crippen LogP contribution is -1.74. The normalized spacial score (nSPS) is 8.36. The lowest BCUT2D eigenvalue weighted by atomic mass is 10.1. The molecule has 0 aromatic carbocycles. The molecule has 0 nitrogen and oxygen atoms in total. The number of rotatable bonds is 5. The van der Waals surface area contributed by atoms with Crippen molar-refractivity contribution in [2.45, 2.75) is 45.4 Å². The Balaban J connectivity index is 0. The molecule has 0 atom stereocenters. The van der Waals surface area contributed by atoms with Gasteiger partial charge in [0.2, 0.25) is 0 Å². The van der Waals surface area contributed by atoms with E-state index in [0.29, 0.717) is 0 Å². The van der Waals surface area contributed by atoms with Crippen LogP contribution in [0.4, 0.5) is 0 Å². The van der Waals surface area contributed by atoms with Gasteiger partial charge in [-0.3, -0.25) is 0 Å². The van der Waals surface area contributed by atoms with E-state index in [4.69, 9.17) is 0 Å². The van der Waals surface area contributed by atoms with Gasteiger partial charge in [-0.25, -0.2) is 28.1 Å². The minimum absolute atomic E-state index is 0.0417. The van der Waals surface area contributed by atoms with Crippen molar-refractivity contribution in [1.29, 1.82) is 0 Å². The van der Waals surface area contributed by atoms with Crippen molar-refractivity contribution in [1.82, 2.24) is 0 Å². The van der Waals surface area contributed by atoms with Crippen LogP contribution in [0.2, 0.25) is 0 Å². The van der Waals surface area contributed by atoms with Crippen molar-refractivity contribution in [3.8, 4) is 0 Å². The van der Waals surface area contributed by atoms with Crippen LogP contribution in [0.3, 0.4) is 0 Å². The molecule has 0 bridgehead atoms. The molecule has 0 saturated carbocycles. The summed E-state index contributed by atoms with van der Waals surface area (Å²) in [5, 5.41) is 0. The van der Waals surface area contributed by atoms with Crippen molar-refractivity contribution in [2.75, 3.05) is 0 Å². The zero-order valence-electron chi connectivity index (χ0n) is 7.41. The zero-order chi connectivity index (χ0) is 8.95. The van der Waals surface area contributed by atoms with Gasteiger partial charge in [0.1, 0.15) is 0 Å². The molecular formula is C8H18AlBr2. The average Bonchev–Trinajstić information content (AvgIpc) is 2.00. The van der Waals surface area contributed by atoms with Gasteiger partial charge < -0.3 is 0 Å². The van der Waals surface area contributed by atoms with Crippen molar-refractivity contribution in [3.05, 3.63) is 6.92 Å². The summed E-state index contributed by atoms with van der Waals surface area (Å²) in [7, 11) is 0. The Kier molecular flexibility index (Phi) is 23.9. The second-order valence-electron chi connectivity index (χ2n) is 2.37. The quantitative estimate of drug-likeness (QED) is 0.527. The molecule has 0 fully saturated rings. The van der Waals surface area contributed by atoms with Crippen LogP contribution < -0.4 is 0 Å². The van der Waals surface area contributed by atoms with Crippen molar-refractivity contribution < 1.29 is 0 Å². The standard InChI is InChI=1S/C8H17.Al.2BrH.H/c1-3-5-7-8-6-4-2;;;;/h1,3-8H2,2H3;;2*1H;/q;+2;;;/p-2. The molecule has 0 aliphatic rings. The zero-order valence-corrected chi connectivity index (χ0v) is 12.0. The first-order chi connectivity index (χ1) is 5.33. The molecular weight excluding hydrogens is 283 g/mol. The number of unbranched alkanes of at least 4 members (excludes halogenated alkanes) is 5. The molecule has 0 rings (SSSR count). The highest BCUT2D eigenvalue weighted by atomic mass is 79.9. The van der Waals surface area contributed by atoms with Crippen molar-refractivity contribution >= 4 is 39.7 Å². The lowest BCUT2D eigenvalue weighted by Gasteiger charge is -1.93. The smallest absolute Gasteiger partial charge is 0.203 e. The Morgan fingerprint density at radius 1 is 1.09 bits per heavy atom. The summed E-state index contributed by atoms with van der Waals surface area (Å²) in [4.78, 5) is 0. The van der Waals surface area contributed by atoms with Gasteiger partial charge in [-0.05, 0) is 0 Å². The van der Waals surface area contributed by atoms with Gasteiger partial charge in [0.15, 0.2) is 0 Å². The van der Waals surface area contributed by atoms with Gasteiger partial charge in [-0.1, -0.05) is 52.4 Å². The Bertz CT molecular complexity index is 45.4. The van der Waals surface area contributed by atoms with Crippen molar-refractivity contribution in [3.63, 3.8) is 0 Å². The van der Waals surface area contributed by atoms with Crippen LogP contribution in [0, 0.1) is 6.92 Å². The number of hydrogen-bond donors (Lipinski definition) is 0. The molecule has 0 saturated heterocycles. The van der Waals surface area contributed by atoms with E-state index < -0.39 is 0 Å².